The summed E-state index contributed by atoms with van der Waals surface area (Å²) in [5, 5.41) is 3.25. The highest BCUT2D eigenvalue weighted by Gasteiger charge is 2.09. The Kier molecular flexibility index (Phi) is 4.93. The summed E-state index contributed by atoms with van der Waals surface area (Å²) in [6, 6.07) is 7.92. The van der Waals surface area contributed by atoms with Crippen molar-refractivity contribution in [3.8, 4) is 17.0 Å². The molecule has 0 bridgehead atoms. The molecule has 1 heterocycles. The summed E-state index contributed by atoms with van der Waals surface area (Å²) in [6.45, 7) is 7.04. The first-order valence-corrected chi connectivity index (χ1v) is 7.02. The summed E-state index contributed by atoms with van der Waals surface area (Å²) in [5.41, 5.74) is 1.79. The minimum absolute atomic E-state index is 0.130. The van der Waals surface area contributed by atoms with Crippen LogP contribution in [0.4, 0.5) is 5.82 Å². The summed E-state index contributed by atoms with van der Waals surface area (Å²) < 4.78 is 5.83. The van der Waals surface area contributed by atoms with Crippen LogP contribution >= 0.6 is 0 Å². The zero-order valence-corrected chi connectivity index (χ0v) is 12.3. The first-order valence-electron chi connectivity index (χ1n) is 7.02. The van der Waals surface area contributed by atoms with E-state index in [1.807, 2.05) is 38.1 Å². The highest BCUT2D eigenvalue weighted by Crippen LogP contribution is 2.29. The summed E-state index contributed by atoms with van der Waals surface area (Å²) in [7, 11) is 0. The lowest BCUT2D eigenvalue weighted by Crippen LogP contribution is -2.07. The number of benzene rings is 1. The van der Waals surface area contributed by atoms with E-state index in [4.69, 9.17) is 4.74 Å². The summed E-state index contributed by atoms with van der Waals surface area (Å²) in [6.07, 6.45) is 4.69. The number of aromatic nitrogens is 2. The van der Waals surface area contributed by atoms with Gasteiger partial charge in [0.05, 0.1) is 24.2 Å². The van der Waals surface area contributed by atoms with Crippen LogP contribution in [-0.2, 0) is 0 Å². The lowest BCUT2D eigenvalue weighted by atomic mass is 10.1. The highest BCUT2D eigenvalue weighted by atomic mass is 16.5. The molecular formula is C16H21N3O. The van der Waals surface area contributed by atoms with Crippen LogP contribution in [0.5, 0.6) is 5.75 Å². The van der Waals surface area contributed by atoms with Gasteiger partial charge in [0, 0.05) is 12.1 Å². The van der Waals surface area contributed by atoms with Crippen LogP contribution in [0.15, 0.2) is 36.7 Å². The second-order valence-electron chi connectivity index (χ2n) is 4.88. The number of rotatable bonds is 6. The lowest BCUT2D eigenvalue weighted by molar-refractivity contribution is 0.243. The van der Waals surface area contributed by atoms with Gasteiger partial charge < -0.3 is 10.1 Å². The van der Waals surface area contributed by atoms with Gasteiger partial charge in [-0.1, -0.05) is 19.1 Å². The number of para-hydroxylation sites is 1. The normalized spacial score (nSPS) is 10.6. The van der Waals surface area contributed by atoms with Crippen LogP contribution < -0.4 is 10.1 Å². The summed E-state index contributed by atoms with van der Waals surface area (Å²) >= 11 is 0. The average molecular weight is 271 g/mol. The molecule has 0 amide bonds. The van der Waals surface area contributed by atoms with Gasteiger partial charge in [-0.25, -0.2) is 4.98 Å². The third kappa shape index (κ3) is 3.70. The molecular weight excluding hydrogens is 250 g/mol. The number of anilines is 1. The van der Waals surface area contributed by atoms with Crippen molar-refractivity contribution in [1.29, 1.82) is 0 Å². The van der Waals surface area contributed by atoms with Gasteiger partial charge in [0.2, 0.25) is 0 Å². The predicted molar refractivity (Wildman–Crippen MR) is 82.0 cm³/mol. The SMILES string of the molecule is CCCNc1cncc(-c2ccccc2OC(C)C)n1. The van der Waals surface area contributed by atoms with Gasteiger partial charge in [0.1, 0.15) is 11.6 Å². The van der Waals surface area contributed by atoms with Gasteiger partial charge in [-0.3, -0.25) is 4.98 Å². The number of ether oxygens (including phenoxy) is 1. The molecule has 1 aromatic heterocycles. The van der Waals surface area contributed by atoms with E-state index >= 15 is 0 Å². The van der Waals surface area contributed by atoms with Gasteiger partial charge in [0.25, 0.3) is 0 Å². The molecule has 20 heavy (non-hydrogen) atoms. The maximum absolute atomic E-state index is 5.83. The Balaban J connectivity index is 2.31. The minimum Gasteiger partial charge on any atom is -0.490 e. The Labute approximate surface area is 120 Å². The smallest absolute Gasteiger partial charge is 0.145 e. The molecule has 0 spiro atoms. The number of nitrogens with zero attached hydrogens (tertiary/aromatic N) is 2. The van der Waals surface area contributed by atoms with Gasteiger partial charge in [-0.05, 0) is 32.4 Å². The molecule has 0 aliphatic carbocycles. The molecule has 0 aliphatic rings. The topological polar surface area (TPSA) is 47.0 Å². The highest BCUT2D eigenvalue weighted by molar-refractivity contribution is 5.67. The van der Waals surface area contributed by atoms with E-state index in [1.54, 1.807) is 12.4 Å². The van der Waals surface area contributed by atoms with Crippen LogP contribution in [0.25, 0.3) is 11.3 Å². The molecule has 4 nitrogen and oxygen atoms in total. The molecule has 0 aliphatic heterocycles. The van der Waals surface area contributed by atoms with Crippen molar-refractivity contribution in [2.75, 3.05) is 11.9 Å². The van der Waals surface area contributed by atoms with Crippen LogP contribution in [0, 0.1) is 0 Å². The van der Waals surface area contributed by atoms with E-state index in [1.165, 1.54) is 0 Å². The van der Waals surface area contributed by atoms with Crippen LogP contribution in [0.2, 0.25) is 0 Å². The largest absolute Gasteiger partial charge is 0.490 e. The Bertz CT molecular complexity index is 555. The van der Waals surface area contributed by atoms with E-state index in [-0.39, 0.29) is 6.10 Å². The van der Waals surface area contributed by atoms with Crippen LogP contribution in [0.3, 0.4) is 0 Å². The van der Waals surface area contributed by atoms with Crippen LogP contribution in [-0.4, -0.2) is 22.6 Å². The number of hydrogen-bond acceptors (Lipinski definition) is 4. The quantitative estimate of drug-likeness (QED) is 0.869. The maximum Gasteiger partial charge on any atom is 0.145 e. The van der Waals surface area contributed by atoms with Gasteiger partial charge in [0.15, 0.2) is 0 Å². The molecule has 0 unspecified atom stereocenters. The van der Waals surface area contributed by atoms with Crippen molar-refractivity contribution in [3.63, 3.8) is 0 Å². The predicted octanol–water partition coefficient (Wildman–Crippen LogP) is 3.75. The minimum atomic E-state index is 0.130. The summed E-state index contributed by atoms with van der Waals surface area (Å²) in [4.78, 5) is 8.85. The van der Waals surface area contributed by atoms with E-state index in [0.29, 0.717) is 0 Å². The van der Waals surface area contributed by atoms with Gasteiger partial charge in [-0.2, -0.15) is 0 Å². The second kappa shape index (κ2) is 6.89. The average Bonchev–Trinajstić information content (AvgIpc) is 2.45. The third-order valence-electron chi connectivity index (χ3n) is 2.72. The fourth-order valence-corrected chi connectivity index (χ4v) is 1.87. The molecule has 4 heteroatoms. The Morgan fingerprint density at radius 2 is 2.00 bits per heavy atom. The first kappa shape index (κ1) is 14.3. The third-order valence-corrected chi connectivity index (χ3v) is 2.72. The zero-order chi connectivity index (χ0) is 14.4. The van der Waals surface area contributed by atoms with Crippen LogP contribution in [0.1, 0.15) is 27.2 Å². The standard InChI is InChI=1S/C16H21N3O/c1-4-9-18-16-11-17-10-14(19-16)13-7-5-6-8-15(13)20-12(2)3/h5-8,10-12H,4,9H2,1-3H3,(H,18,19). The molecule has 2 aromatic rings. The van der Waals surface area contributed by atoms with E-state index in [0.717, 1.165) is 35.8 Å². The van der Waals surface area contributed by atoms with E-state index < -0.39 is 0 Å². The zero-order valence-electron chi connectivity index (χ0n) is 12.3. The molecule has 1 N–H and O–H groups in total. The van der Waals surface area contributed by atoms with Crippen molar-refractivity contribution < 1.29 is 4.74 Å². The number of hydrogen-bond donors (Lipinski definition) is 1. The summed E-state index contributed by atoms with van der Waals surface area (Å²) in [5.74, 6) is 1.63. The van der Waals surface area contributed by atoms with Crippen molar-refractivity contribution in [2.45, 2.75) is 33.3 Å². The van der Waals surface area contributed by atoms with Gasteiger partial charge >= 0.3 is 0 Å². The van der Waals surface area contributed by atoms with E-state index in [2.05, 4.69) is 22.2 Å². The maximum atomic E-state index is 5.83. The molecule has 0 fully saturated rings. The van der Waals surface area contributed by atoms with Crippen molar-refractivity contribution in [1.82, 2.24) is 9.97 Å². The fraction of sp³-hybridized carbons (Fsp3) is 0.375. The van der Waals surface area contributed by atoms with E-state index in [9.17, 15) is 0 Å². The van der Waals surface area contributed by atoms with Gasteiger partial charge in [-0.15, -0.1) is 0 Å². The Morgan fingerprint density at radius 1 is 1.20 bits per heavy atom. The molecule has 0 saturated carbocycles. The monoisotopic (exact) mass is 271 g/mol. The number of nitrogens with one attached hydrogen (secondary N) is 1. The second-order valence-corrected chi connectivity index (χ2v) is 4.88. The Morgan fingerprint density at radius 3 is 2.75 bits per heavy atom. The molecule has 0 radical (unpaired) electrons. The molecule has 0 atom stereocenters. The molecule has 1 aromatic carbocycles. The molecule has 0 saturated heterocycles. The Hall–Kier alpha value is -2.10. The molecule has 2 rings (SSSR count). The van der Waals surface area contributed by atoms with Crippen molar-refractivity contribution in [2.24, 2.45) is 0 Å². The fourth-order valence-electron chi connectivity index (χ4n) is 1.87. The molecule has 106 valence electrons. The van der Waals surface area contributed by atoms with Crippen molar-refractivity contribution >= 4 is 5.82 Å². The lowest BCUT2D eigenvalue weighted by Gasteiger charge is -2.14. The van der Waals surface area contributed by atoms with Crippen molar-refractivity contribution in [3.05, 3.63) is 36.7 Å². The first-order chi connectivity index (χ1) is 9.70.